The minimum atomic E-state index is -0.254. The van der Waals surface area contributed by atoms with Crippen molar-refractivity contribution in [3.8, 4) is 11.1 Å². The van der Waals surface area contributed by atoms with E-state index in [4.69, 9.17) is 24.2 Å². The zero-order valence-corrected chi connectivity index (χ0v) is 21.0. The lowest BCUT2D eigenvalue weighted by molar-refractivity contribution is 0.0955. The van der Waals surface area contributed by atoms with Crippen molar-refractivity contribution in [2.45, 2.75) is 19.3 Å². The van der Waals surface area contributed by atoms with Gasteiger partial charge in [0.25, 0.3) is 0 Å². The number of hydrogen-bond acceptors (Lipinski definition) is 7. The highest BCUT2D eigenvalue weighted by atomic mass is 19.1. The molecule has 37 heavy (non-hydrogen) atoms. The molecule has 0 fully saturated rings. The Balaban J connectivity index is 1.58. The number of ether oxygens (including phenoxy) is 2. The number of hydrogen-bond donors (Lipinski definition) is 4. The van der Waals surface area contributed by atoms with Crippen molar-refractivity contribution in [3.05, 3.63) is 71.7 Å². The Kier molecular flexibility index (Phi) is 12.0. The average molecular weight is 515 g/mol. The SMILES string of the molecule is CC(Cc1cc(NC(=NCCOCCO)NCCOCCO)on1)c1ccc(-c2ccccc2)c(F)c1. The summed E-state index contributed by atoms with van der Waals surface area (Å²) in [4.78, 5) is 4.42. The van der Waals surface area contributed by atoms with Crippen LogP contribution in [0.2, 0.25) is 0 Å². The molecule has 0 radical (unpaired) electrons. The van der Waals surface area contributed by atoms with Crippen LogP contribution in [-0.2, 0) is 15.9 Å². The molecule has 1 aromatic heterocycles. The quantitative estimate of drug-likeness (QED) is 0.139. The molecule has 0 aliphatic carbocycles. The fraction of sp³-hybridized carbons (Fsp3) is 0.407. The normalized spacial score (nSPS) is 12.5. The van der Waals surface area contributed by atoms with Crippen LogP contribution in [0.1, 0.15) is 24.1 Å². The largest absolute Gasteiger partial charge is 0.394 e. The number of rotatable bonds is 15. The van der Waals surface area contributed by atoms with E-state index in [1.807, 2.05) is 49.4 Å². The Labute approximate surface area is 216 Å². The summed E-state index contributed by atoms with van der Waals surface area (Å²) in [5.41, 5.74) is 3.02. The zero-order valence-electron chi connectivity index (χ0n) is 21.0. The molecule has 0 spiro atoms. The molecule has 1 heterocycles. The number of aliphatic hydroxyl groups excluding tert-OH is 2. The lowest BCUT2D eigenvalue weighted by atomic mass is 9.94. The second-order valence-corrected chi connectivity index (χ2v) is 8.35. The summed E-state index contributed by atoms with van der Waals surface area (Å²) in [6.45, 7) is 4.03. The molecule has 0 bridgehead atoms. The number of nitrogens with one attached hydrogen (secondary N) is 2. The minimum absolute atomic E-state index is 0.0240. The second-order valence-electron chi connectivity index (χ2n) is 8.35. The molecule has 3 aromatic rings. The van der Waals surface area contributed by atoms with Gasteiger partial charge in [-0.05, 0) is 29.5 Å². The Morgan fingerprint density at radius 3 is 2.51 bits per heavy atom. The molecular formula is C27H35FN4O5. The van der Waals surface area contributed by atoms with Gasteiger partial charge in [-0.15, -0.1) is 0 Å². The number of benzene rings is 2. The highest BCUT2D eigenvalue weighted by Gasteiger charge is 2.14. The van der Waals surface area contributed by atoms with Gasteiger partial charge in [-0.25, -0.2) is 4.39 Å². The van der Waals surface area contributed by atoms with E-state index in [9.17, 15) is 4.39 Å². The first-order valence-corrected chi connectivity index (χ1v) is 12.3. The number of anilines is 1. The van der Waals surface area contributed by atoms with Crippen molar-refractivity contribution in [2.75, 3.05) is 58.0 Å². The number of nitrogens with zero attached hydrogens (tertiary/aromatic N) is 2. The van der Waals surface area contributed by atoms with Gasteiger partial charge in [-0.2, -0.15) is 0 Å². The van der Waals surface area contributed by atoms with Gasteiger partial charge in [0.15, 0.2) is 5.96 Å². The van der Waals surface area contributed by atoms with E-state index in [1.165, 1.54) is 0 Å². The predicted octanol–water partition coefficient (Wildman–Crippen LogP) is 3.20. The monoisotopic (exact) mass is 514 g/mol. The first-order valence-electron chi connectivity index (χ1n) is 12.3. The van der Waals surface area contributed by atoms with Crippen LogP contribution in [0, 0.1) is 5.82 Å². The zero-order chi connectivity index (χ0) is 26.3. The van der Waals surface area contributed by atoms with Gasteiger partial charge in [0.2, 0.25) is 5.88 Å². The standard InChI is InChI=1S/C27H35FN4O5/c1-20(22-7-8-24(25(28)18-22)21-5-3-2-4-6-21)17-23-19-26(37-32-23)31-27(29-9-13-35-15-11-33)30-10-14-36-16-12-34/h2-8,18-20,33-34H,9-17H2,1H3,(H2,29,30,31). The molecule has 0 amide bonds. The molecule has 0 aliphatic heterocycles. The molecule has 10 heteroatoms. The summed E-state index contributed by atoms with van der Waals surface area (Å²) < 4.78 is 30.8. The third kappa shape index (κ3) is 9.58. The molecule has 0 saturated heterocycles. The fourth-order valence-electron chi connectivity index (χ4n) is 3.64. The topological polar surface area (TPSA) is 121 Å². The summed E-state index contributed by atoms with van der Waals surface area (Å²) in [6.07, 6.45) is 0.569. The number of halogens is 1. The van der Waals surface area contributed by atoms with Crippen LogP contribution in [0.3, 0.4) is 0 Å². The average Bonchev–Trinajstić information content (AvgIpc) is 3.35. The molecule has 1 atom stereocenters. The number of guanidine groups is 1. The van der Waals surface area contributed by atoms with E-state index in [0.29, 0.717) is 50.1 Å². The molecule has 3 rings (SSSR count). The Morgan fingerprint density at radius 1 is 1.03 bits per heavy atom. The Bertz CT molecular complexity index is 1090. The number of aromatic nitrogens is 1. The molecule has 0 saturated carbocycles. The first-order chi connectivity index (χ1) is 18.1. The van der Waals surface area contributed by atoms with Crippen molar-refractivity contribution < 1.29 is 28.6 Å². The smallest absolute Gasteiger partial charge is 0.231 e. The number of aliphatic hydroxyl groups is 2. The van der Waals surface area contributed by atoms with Crippen molar-refractivity contribution >= 4 is 11.8 Å². The van der Waals surface area contributed by atoms with E-state index in [0.717, 1.165) is 16.8 Å². The first kappa shape index (κ1) is 28.3. The maximum absolute atomic E-state index is 14.8. The summed E-state index contributed by atoms with van der Waals surface area (Å²) in [7, 11) is 0. The van der Waals surface area contributed by atoms with E-state index in [2.05, 4.69) is 20.8 Å². The lowest BCUT2D eigenvalue weighted by Gasteiger charge is -2.12. The van der Waals surface area contributed by atoms with E-state index in [-0.39, 0.29) is 38.2 Å². The Morgan fingerprint density at radius 2 is 1.78 bits per heavy atom. The molecule has 0 aliphatic rings. The van der Waals surface area contributed by atoms with Crippen LogP contribution in [0.25, 0.3) is 11.1 Å². The molecule has 1 unspecified atom stereocenters. The van der Waals surface area contributed by atoms with Gasteiger partial charge in [0.05, 0.1) is 51.9 Å². The predicted molar refractivity (Wildman–Crippen MR) is 140 cm³/mol. The van der Waals surface area contributed by atoms with Crippen LogP contribution in [-0.4, -0.2) is 74.1 Å². The van der Waals surface area contributed by atoms with Crippen molar-refractivity contribution in [1.29, 1.82) is 0 Å². The van der Waals surface area contributed by atoms with Gasteiger partial charge < -0.3 is 29.5 Å². The summed E-state index contributed by atoms with van der Waals surface area (Å²) in [5.74, 6) is 0.632. The maximum atomic E-state index is 14.8. The molecular weight excluding hydrogens is 479 g/mol. The summed E-state index contributed by atoms with van der Waals surface area (Å²) in [6, 6.07) is 16.6. The van der Waals surface area contributed by atoms with Gasteiger partial charge in [0, 0.05) is 18.2 Å². The van der Waals surface area contributed by atoms with Gasteiger partial charge in [-0.3, -0.25) is 10.3 Å². The van der Waals surface area contributed by atoms with Crippen molar-refractivity contribution in [1.82, 2.24) is 10.5 Å². The Hall–Kier alpha value is -3.31. The van der Waals surface area contributed by atoms with Gasteiger partial charge >= 0.3 is 0 Å². The molecule has 4 N–H and O–H groups in total. The molecule has 2 aromatic carbocycles. The van der Waals surface area contributed by atoms with E-state index >= 15 is 0 Å². The van der Waals surface area contributed by atoms with Gasteiger partial charge in [-0.1, -0.05) is 54.5 Å². The summed E-state index contributed by atoms with van der Waals surface area (Å²) in [5, 5.41) is 28.0. The highest BCUT2D eigenvalue weighted by molar-refractivity contribution is 5.92. The summed E-state index contributed by atoms with van der Waals surface area (Å²) >= 11 is 0. The van der Waals surface area contributed by atoms with Crippen LogP contribution in [0.15, 0.2) is 64.1 Å². The maximum Gasteiger partial charge on any atom is 0.231 e. The van der Waals surface area contributed by atoms with Crippen molar-refractivity contribution in [3.63, 3.8) is 0 Å². The van der Waals surface area contributed by atoms with Crippen LogP contribution in [0.4, 0.5) is 10.3 Å². The van der Waals surface area contributed by atoms with Crippen LogP contribution >= 0.6 is 0 Å². The third-order valence-corrected chi connectivity index (χ3v) is 5.48. The van der Waals surface area contributed by atoms with Crippen LogP contribution in [0.5, 0.6) is 0 Å². The van der Waals surface area contributed by atoms with Gasteiger partial charge in [0.1, 0.15) is 5.82 Å². The van der Waals surface area contributed by atoms with Crippen LogP contribution < -0.4 is 10.6 Å². The number of aliphatic imine (C=N–C) groups is 1. The fourth-order valence-corrected chi connectivity index (χ4v) is 3.64. The van der Waals surface area contributed by atoms with Crippen molar-refractivity contribution in [2.24, 2.45) is 4.99 Å². The minimum Gasteiger partial charge on any atom is -0.394 e. The second kappa shape index (κ2) is 15.7. The van der Waals surface area contributed by atoms with E-state index in [1.54, 1.807) is 12.1 Å². The lowest BCUT2D eigenvalue weighted by Crippen LogP contribution is -2.34. The molecule has 200 valence electrons. The molecule has 9 nitrogen and oxygen atoms in total. The van der Waals surface area contributed by atoms with E-state index < -0.39 is 0 Å². The third-order valence-electron chi connectivity index (χ3n) is 5.48. The highest BCUT2D eigenvalue weighted by Crippen LogP contribution is 2.28.